The number of aromatic nitrogens is 3. The largest absolute Gasteiger partial charge is 0.591 e. The first-order valence-corrected chi connectivity index (χ1v) is 12.7. The molecule has 3 rings (SSSR count). The quantitative estimate of drug-likeness (QED) is 0.449. The van der Waals surface area contributed by atoms with E-state index in [1.165, 1.54) is 6.21 Å². The Kier molecular flexibility index (Phi) is 7.72. The van der Waals surface area contributed by atoms with E-state index in [0.29, 0.717) is 36.2 Å². The molecule has 34 heavy (non-hydrogen) atoms. The molecule has 0 radical (unpaired) electrons. The van der Waals surface area contributed by atoms with Gasteiger partial charge in [-0.1, -0.05) is 25.2 Å². The van der Waals surface area contributed by atoms with Crippen LogP contribution in [0.3, 0.4) is 0 Å². The third-order valence-corrected chi connectivity index (χ3v) is 7.09. The van der Waals surface area contributed by atoms with Gasteiger partial charge in [0.05, 0.1) is 30.3 Å². The van der Waals surface area contributed by atoms with Gasteiger partial charge in [0.25, 0.3) is 0 Å². The molecule has 1 saturated carbocycles. The summed E-state index contributed by atoms with van der Waals surface area (Å²) in [4.78, 5) is 17.4. The van der Waals surface area contributed by atoms with Gasteiger partial charge in [0.15, 0.2) is 5.65 Å². The van der Waals surface area contributed by atoms with Gasteiger partial charge in [-0.05, 0) is 51.0 Å². The summed E-state index contributed by atoms with van der Waals surface area (Å²) in [6, 6.07) is 1.29. The van der Waals surface area contributed by atoms with Crippen LogP contribution in [0.2, 0.25) is 0 Å². The van der Waals surface area contributed by atoms with Gasteiger partial charge in [-0.2, -0.15) is 5.10 Å². The van der Waals surface area contributed by atoms with Crippen molar-refractivity contribution in [3.8, 4) is 0 Å². The molecule has 0 aliphatic heterocycles. The number of nitrogens with one attached hydrogen (secondary N) is 1. The molecule has 188 valence electrons. The number of imidazole rings is 1. The first-order valence-electron chi connectivity index (χ1n) is 11.6. The smallest absolute Gasteiger partial charge is 0.248 e. The van der Waals surface area contributed by atoms with Gasteiger partial charge in [0, 0.05) is 24.8 Å². The fraction of sp³-hybridized carbons (Fsp3) is 0.667. The Balaban J connectivity index is 1.87. The molecular weight excluding hydrogens is 460 g/mol. The number of hydrogen-bond acceptors (Lipinski definition) is 5. The number of carbonyl (C=O) groups excluding carboxylic acids is 1. The van der Waals surface area contributed by atoms with Crippen LogP contribution in [0.4, 0.5) is 8.78 Å². The molecule has 1 fully saturated rings. The van der Waals surface area contributed by atoms with E-state index in [2.05, 4.69) is 19.8 Å². The highest BCUT2D eigenvalue weighted by atomic mass is 32.2. The Labute approximate surface area is 203 Å². The van der Waals surface area contributed by atoms with Crippen LogP contribution < -0.4 is 5.32 Å². The van der Waals surface area contributed by atoms with E-state index in [-0.39, 0.29) is 30.1 Å². The molecule has 2 aromatic heterocycles. The van der Waals surface area contributed by atoms with Crippen LogP contribution in [-0.2, 0) is 16.2 Å². The molecule has 1 amide bonds. The van der Waals surface area contributed by atoms with Gasteiger partial charge < -0.3 is 9.87 Å². The first kappa shape index (κ1) is 26.5. The van der Waals surface area contributed by atoms with Crippen LogP contribution in [0.25, 0.3) is 5.65 Å². The molecule has 0 spiro atoms. The first-order chi connectivity index (χ1) is 15.6. The van der Waals surface area contributed by atoms with E-state index >= 15 is 0 Å². The summed E-state index contributed by atoms with van der Waals surface area (Å²) < 4.78 is 45.0. The maximum atomic E-state index is 13.8. The number of fused-ring (bicyclic) bond motifs is 1. The molecule has 0 aromatic carbocycles. The number of nitrogens with zero attached hydrogens (tertiary/aromatic N) is 4. The highest BCUT2D eigenvalue weighted by Gasteiger charge is 2.39. The molecule has 1 N–H and O–H groups in total. The molecule has 1 aliphatic carbocycles. The number of hydrogen-bond donors (Lipinski definition) is 1. The van der Waals surface area contributed by atoms with Gasteiger partial charge >= 0.3 is 0 Å². The second-order valence-electron chi connectivity index (χ2n) is 11.3. The van der Waals surface area contributed by atoms with Crippen molar-refractivity contribution in [3.05, 3.63) is 29.7 Å². The van der Waals surface area contributed by atoms with Crippen LogP contribution in [0.15, 0.2) is 22.9 Å². The molecule has 1 aliphatic rings. The number of amides is 1. The minimum atomic E-state index is -2.65. The maximum Gasteiger partial charge on any atom is 0.248 e. The number of alkyl halides is 2. The van der Waals surface area contributed by atoms with E-state index in [0.717, 1.165) is 0 Å². The van der Waals surface area contributed by atoms with Crippen molar-refractivity contribution >= 4 is 29.1 Å². The van der Waals surface area contributed by atoms with Crippen molar-refractivity contribution in [2.24, 2.45) is 15.7 Å². The van der Waals surface area contributed by atoms with E-state index in [1.807, 2.05) is 41.5 Å². The van der Waals surface area contributed by atoms with Gasteiger partial charge in [0.2, 0.25) is 11.8 Å². The zero-order valence-corrected chi connectivity index (χ0v) is 21.6. The predicted octanol–water partition coefficient (Wildman–Crippen LogP) is 5.03. The van der Waals surface area contributed by atoms with Crippen molar-refractivity contribution in [3.63, 3.8) is 0 Å². The second-order valence-corrected chi connectivity index (χ2v) is 13.3. The lowest BCUT2D eigenvalue weighted by Crippen LogP contribution is -2.38. The van der Waals surface area contributed by atoms with Gasteiger partial charge in [-0.15, -0.1) is 0 Å². The molecule has 0 bridgehead atoms. The predicted molar refractivity (Wildman–Crippen MR) is 130 cm³/mol. The molecule has 7 nitrogen and oxygen atoms in total. The molecule has 2 heterocycles. The van der Waals surface area contributed by atoms with E-state index in [1.54, 1.807) is 23.0 Å². The Morgan fingerprint density at radius 1 is 1.32 bits per heavy atom. The minimum absolute atomic E-state index is 0.127. The molecule has 10 heteroatoms. The fourth-order valence-corrected chi connectivity index (χ4v) is 4.47. The topological polar surface area (TPSA) is 94.7 Å². The molecule has 1 unspecified atom stereocenters. The zero-order chi connectivity index (χ0) is 25.3. The lowest BCUT2D eigenvalue weighted by Gasteiger charge is -2.34. The SMILES string of the molecule is CC(C)(C)CC(=O)N[C@H](c1cn2ncc(/C=N/[S+]([O-])C(C)(C)C)cc2n1)C1CCC(F)(F)CC1. The van der Waals surface area contributed by atoms with Crippen molar-refractivity contribution in [1.82, 2.24) is 19.9 Å². The summed E-state index contributed by atoms with van der Waals surface area (Å²) in [6.07, 6.45) is 5.39. The van der Waals surface area contributed by atoms with Gasteiger partial charge in [0.1, 0.15) is 16.1 Å². The van der Waals surface area contributed by atoms with Crippen molar-refractivity contribution in [2.45, 2.75) is 90.4 Å². The monoisotopic (exact) mass is 495 g/mol. The standard InChI is InChI=1S/C24H35F2N5O2S/c1-22(2,3)12-20(32)30-21(17-7-9-24(25,26)10-8-17)18-15-31-19(29-18)11-16(13-27-31)14-28-34(33)23(4,5)6/h11,13-15,17,21H,7-10,12H2,1-6H3,(H,30,32)/b28-14+/t21-,34?/m0/s1. The third-order valence-electron chi connectivity index (χ3n) is 5.74. The summed E-state index contributed by atoms with van der Waals surface area (Å²) in [5.74, 6) is -2.92. The van der Waals surface area contributed by atoms with Crippen LogP contribution in [-0.4, -0.2) is 41.9 Å². The van der Waals surface area contributed by atoms with Crippen molar-refractivity contribution in [1.29, 1.82) is 0 Å². The average Bonchev–Trinajstić information content (AvgIpc) is 3.11. The molecule has 2 aromatic rings. The summed E-state index contributed by atoms with van der Waals surface area (Å²) >= 11 is -1.39. The Hall–Kier alpha value is -2.07. The summed E-state index contributed by atoms with van der Waals surface area (Å²) in [7, 11) is 0. The molecule has 2 atom stereocenters. The fourth-order valence-electron chi connectivity index (χ4n) is 3.93. The van der Waals surface area contributed by atoms with Gasteiger partial charge in [-0.25, -0.2) is 18.3 Å². The Morgan fingerprint density at radius 3 is 2.56 bits per heavy atom. The minimum Gasteiger partial charge on any atom is -0.591 e. The average molecular weight is 496 g/mol. The summed E-state index contributed by atoms with van der Waals surface area (Å²) in [6.45, 7) is 11.5. The number of halogens is 2. The lowest BCUT2D eigenvalue weighted by molar-refractivity contribution is -0.124. The lowest BCUT2D eigenvalue weighted by atomic mass is 9.80. The van der Waals surface area contributed by atoms with Crippen molar-refractivity contribution in [2.75, 3.05) is 0 Å². The highest BCUT2D eigenvalue weighted by molar-refractivity contribution is 7.91. The van der Waals surface area contributed by atoms with Crippen LogP contribution in [0.5, 0.6) is 0 Å². The Morgan fingerprint density at radius 2 is 1.97 bits per heavy atom. The maximum absolute atomic E-state index is 13.8. The van der Waals surface area contributed by atoms with Gasteiger partial charge in [-0.3, -0.25) is 4.79 Å². The van der Waals surface area contributed by atoms with E-state index in [4.69, 9.17) is 0 Å². The second kappa shape index (κ2) is 9.89. The number of carbonyl (C=O) groups is 1. The summed E-state index contributed by atoms with van der Waals surface area (Å²) in [5.41, 5.74) is 1.58. The van der Waals surface area contributed by atoms with E-state index in [9.17, 15) is 18.1 Å². The van der Waals surface area contributed by atoms with E-state index < -0.39 is 28.1 Å². The highest BCUT2D eigenvalue weighted by Crippen LogP contribution is 2.41. The number of rotatable bonds is 6. The summed E-state index contributed by atoms with van der Waals surface area (Å²) in [5, 5.41) is 7.43. The molecular formula is C24H35F2N5O2S. The van der Waals surface area contributed by atoms with Crippen LogP contribution >= 0.6 is 0 Å². The normalized spacial score (nSPS) is 19.4. The van der Waals surface area contributed by atoms with Crippen molar-refractivity contribution < 1.29 is 18.1 Å². The zero-order valence-electron chi connectivity index (χ0n) is 20.8. The molecule has 0 saturated heterocycles. The van der Waals surface area contributed by atoms with Crippen LogP contribution in [0, 0.1) is 11.3 Å². The third kappa shape index (κ3) is 7.21. The Bertz CT molecular complexity index is 1030. The van der Waals surface area contributed by atoms with Crippen LogP contribution in [0.1, 0.15) is 90.9 Å².